The molecule has 1 saturated carbocycles. The van der Waals surface area contributed by atoms with Crippen molar-refractivity contribution < 1.29 is 49.6 Å². The number of aliphatic hydroxyl groups excluding tert-OH is 6. The first-order valence-electron chi connectivity index (χ1n) is 11.0. The van der Waals surface area contributed by atoms with Crippen LogP contribution in [0.15, 0.2) is 0 Å². The van der Waals surface area contributed by atoms with Crippen LogP contribution in [0.3, 0.4) is 0 Å². The molecular weight excluding hydrogens is 444 g/mol. The van der Waals surface area contributed by atoms with Gasteiger partial charge in [-0.25, -0.2) is 0 Å². The molecule has 1 aliphatic heterocycles. The maximum atomic E-state index is 10.7. The van der Waals surface area contributed by atoms with Crippen molar-refractivity contribution in [2.24, 2.45) is 22.9 Å². The van der Waals surface area contributed by atoms with Crippen LogP contribution >= 0.6 is 0 Å². The summed E-state index contributed by atoms with van der Waals surface area (Å²) in [6.07, 6.45) is -13.5. The fraction of sp³-hybridized carbons (Fsp3) is 1.00. The summed E-state index contributed by atoms with van der Waals surface area (Å²) in [5, 5.41) is 60.2. The van der Waals surface area contributed by atoms with Gasteiger partial charge in [0.25, 0.3) is 0 Å². The molecule has 2 fully saturated rings. The Hall–Kier alpha value is -0.560. The second-order valence-electron chi connectivity index (χ2n) is 8.82. The molecule has 0 spiro atoms. The second kappa shape index (κ2) is 12.4. The van der Waals surface area contributed by atoms with Crippen LogP contribution in [0.1, 0.15) is 20.3 Å². The normalized spacial score (nSPS) is 42.0. The maximum absolute atomic E-state index is 10.7. The van der Waals surface area contributed by atoms with Gasteiger partial charge in [0, 0.05) is 24.7 Å². The Morgan fingerprint density at radius 2 is 1.64 bits per heavy atom. The molecule has 6 unspecified atom stereocenters. The summed E-state index contributed by atoms with van der Waals surface area (Å²) in [4.78, 5) is 0. The zero-order chi connectivity index (χ0) is 25.0. The molecule has 0 radical (unpaired) electrons. The largest absolute Gasteiger partial charge is 0.394 e. The van der Waals surface area contributed by atoms with Crippen molar-refractivity contribution in [3.8, 4) is 0 Å². The zero-order valence-electron chi connectivity index (χ0n) is 18.8. The number of hydrogen-bond donors (Lipinski definition) is 10. The van der Waals surface area contributed by atoms with Crippen molar-refractivity contribution in [2.75, 3.05) is 13.2 Å². The lowest BCUT2D eigenvalue weighted by atomic mass is 9.84. The fourth-order valence-electron chi connectivity index (χ4n) is 4.10. The van der Waals surface area contributed by atoms with Crippen LogP contribution < -0.4 is 22.9 Å². The van der Waals surface area contributed by atoms with E-state index in [0.29, 0.717) is 0 Å². The molecule has 33 heavy (non-hydrogen) atoms. The van der Waals surface area contributed by atoms with Crippen LogP contribution in [0.5, 0.6) is 0 Å². The Kier molecular flexibility index (Phi) is 10.8. The Morgan fingerprint density at radius 3 is 2.12 bits per heavy atom. The highest BCUT2D eigenvalue weighted by Crippen LogP contribution is 2.31. The van der Waals surface area contributed by atoms with Gasteiger partial charge in [0.15, 0.2) is 12.6 Å². The molecule has 0 aromatic rings. The zero-order valence-corrected chi connectivity index (χ0v) is 18.8. The molecule has 1 saturated heterocycles. The minimum Gasteiger partial charge on any atom is -0.394 e. The quantitative estimate of drug-likeness (QED) is 0.123. The molecule has 14 N–H and O–H groups in total. The van der Waals surface area contributed by atoms with Gasteiger partial charge in [0.1, 0.15) is 42.7 Å². The lowest BCUT2D eigenvalue weighted by Crippen LogP contribution is -2.65. The summed E-state index contributed by atoms with van der Waals surface area (Å²) in [5.74, 6) is 0. The van der Waals surface area contributed by atoms with Crippen molar-refractivity contribution >= 4 is 0 Å². The van der Waals surface area contributed by atoms with E-state index >= 15 is 0 Å². The first kappa shape index (κ1) is 28.7. The van der Waals surface area contributed by atoms with E-state index in [1.54, 1.807) is 6.92 Å². The van der Waals surface area contributed by atoms with Crippen LogP contribution in [0, 0.1) is 0 Å². The van der Waals surface area contributed by atoms with Gasteiger partial charge in [-0.3, -0.25) is 0 Å². The van der Waals surface area contributed by atoms with E-state index in [1.165, 1.54) is 6.92 Å². The third kappa shape index (κ3) is 6.77. The molecule has 0 aromatic carbocycles. The first-order valence-corrected chi connectivity index (χ1v) is 11.0. The Labute approximate surface area is 192 Å². The second-order valence-corrected chi connectivity index (χ2v) is 8.82. The maximum Gasteiger partial charge on any atom is 0.187 e. The lowest BCUT2D eigenvalue weighted by molar-refractivity contribution is -0.285. The van der Waals surface area contributed by atoms with Crippen LogP contribution in [-0.2, 0) is 18.9 Å². The topological polar surface area (TPSA) is 262 Å². The SMILES string of the molecule is C[C@@H](O)C(O[C@@H](CN)O[C@@H]1C(N)C[C@@H](N)C(O)C1O[C@@H]1O[C@H]([C@@H](C)N)C(O)C1O)[C@@H](O)CO. The van der Waals surface area contributed by atoms with Crippen molar-refractivity contribution in [2.45, 2.75) is 106 Å². The standard InChI is InChI=1S/C19H40N4O10/c1-6(21)15-13(28)14(29)19(32-15)33-18-12(27)8(22)3-9(23)17(18)31-11(4-20)30-16(7(2)25)10(26)5-24/h6-19,24-29H,3-5,20-23H2,1-2H3/t6-,7-,8-,9?,10+,11-,12?,13?,14?,15-,16?,17-,18?,19+/m1/s1. The van der Waals surface area contributed by atoms with Gasteiger partial charge >= 0.3 is 0 Å². The number of nitrogens with two attached hydrogens (primary N) is 4. The summed E-state index contributed by atoms with van der Waals surface area (Å²) in [7, 11) is 0. The highest BCUT2D eigenvalue weighted by molar-refractivity contribution is 5.00. The number of hydrogen-bond acceptors (Lipinski definition) is 14. The molecule has 0 amide bonds. The van der Waals surface area contributed by atoms with Gasteiger partial charge in [-0.1, -0.05) is 0 Å². The number of rotatable bonds is 11. The van der Waals surface area contributed by atoms with Crippen molar-refractivity contribution in [3.63, 3.8) is 0 Å². The average Bonchev–Trinajstić information content (AvgIpc) is 3.04. The smallest absolute Gasteiger partial charge is 0.187 e. The van der Waals surface area contributed by atoms with Gasteiger partial charge in [0.2, 0.25) is 0 Å². The predicted molar refractivity (Wildman–Crippen MR) is 113 cm³/mol. The number of ether oxygens (including phenoxy) is 4. The van der Waals surface area contributed by atoms with Crippen LogP contribution in [-0.4, -0.2) is 129 Å². The monoisotopic (exact) mass is 484 g/mol. The average molecular weight is 485 g/mol. The highest BCUT2D eigenvalue weighted by atomic mass is 16.7. The summed E-state index contributed by atoms with van der Waals surface area (Å²) in [6, 6.07) is -2.15. The summed E-state index contributed by atoms with van der Waals surface area (Å²) >= 11 is 0. The van der Waals surface area contributed by atoms with Gasteiger partial charge in [-0.05, 0) is 20.3 Å². The molecule has 2 rings (SSSR count). The third-order valence-electron chi connectivity index (χ3n) is 5.98. The van der Waals surface area contributed by atoms with Gasteiger partial charge in [-0.2, -0.15) is 0 Å². The molecule has 0 bridgehead atoms. The molecule has 14 atom stereocenters. The van der Waals surface area contributed by atoms with Crippen LogP contribution in [0.4, 0.5) is 0 Å². The Bertz CT molecular complexity index is 591. The summed E-state index contributed by atoms with van der Waals surface area (Å²) < 4.78 is 22.8. The summed E-state index contributed by atoms with van der Waals surface area (Å²) in [6.45, 7) is 2.05. The minimum atomic E-state index is -1.45. The van der Waals surface area contributed by atoms with Crippen molar-refractivity contribution in [1.82, 2.24) is 0 Å². The van der Waals surface area contributed by atoms with Crippen LogP contribution in [0.2, 0.25) is 0 Å². The van der Waals surface area contributed by atoms with Crippen molar-refractivity contribution in [1.29, 1.82) is 0 Å². The third-order valence-corrected chi connectivity index (χ3v) is 5.98. The molecule has 196 valence electrons. The number of aliphatic hydroxyl groups is 6. The first-order chi connectivity index (χ1) is 15.4. The Morgan fingerprint density at radius 1 is 1.00 bits per heavy atom. The van der Waals surface area contributed by atoms with E-state index in [1.807, 2.05) is 0 Å². The molecule has 2 aliphatic rings. The predicted octanol–water partition coefficient (Wildman–Crippen LogP) is -5.63. The van der Waals surface area contributed by atoms with E-state index in [0.717, 1.165) is 0 Å². The van der Waals surface area contributed by atoms with Gasteiger partial charge < -0.3 is 72.5 Å². The fourth-order valence-corrected chi connectivity index (χ4v) is 4.10. The molecular formula is C19H40N4O10. The van der Waals surface area contributed by atoms with E-state index in [2.05, 4.69) is 0 Å². The minimum absolute atomic E-state index is 0.154. The molecule has 1 aliphatic carbocycles. The van der Waals surface area contributed by atoms with Gasteiger partial charge in [0.05, 0.1) is 18.8 Å². The van der Waals surface area contributed by atoms with E-state index in [9.17, 15) is 30.6 Å². The summed E-state index contributed by atoms with van der Waals surface area (Å²) in [5.41, 5.74) is 23.7. The van der Waals surface area contributed by atoms with Crippen LogP contribution in [0.25, 0.3) is 0 Å². The highest BCUT2D eigenvalue weighted by Gasteiger charge is 2.51. The molecule has 0 aromatic heterocycles. The van der Waals surface area contributed by atoms with Crippen molar-refractivity contribution in [3.05, 3.63) is 0 Å². The van der Waals surface area contributed by atoms with E-state index < -0.39 is 92.2 Å². The van der Waals surface area contributed by atoms with Gasteiger partial charge in [-0.15, -0.1) is 0 Å². The molecule has 14 nitrogen and oxygen atoms in total. The van der Waals surface area contributed by atoms with E-state index in [4.69, 9.17) is 41.9 Å². The van der Waals surface area contributed by atoms with E-state index in [-0.39, 0.29) is 13.0 Å². The molecule has 14 heteroatoms. The Balaban J connectivity index is 2.19. The molecule has 1 heterocycles. The lowest BCUT2D eigenvalue weighted by Gasteiger charge is -2.44.